The summed E-state index contributed by atoms with van der Waals surface area (Å²) in [6.07, 6.45) is -0.349. The minimum absolute atomic E-state index is 0.190. The highest BCUT2D eigenvalue weighted by Gasteiger charge is 2.23. The smallest absolute Gasteiger partial charge is 0.414 e. The Balaban J connectivity index is 1.47. The molecule has 1 N–H and O–H groups in total. The van der Waals surface area contributed by atoms with E-state index in [4.69, 9.17) is 16.3 Å². The molecule has 0 aliphatic carbocycles. The van der Waals surface area contributed by atoms with Gasteiger partial charge in [0.25, 0.3) is 5.91 Å². The van der Waals surface area contributed by atoms with Crippen molar-refractivity contribution in [3.8, 4) is 10.6 Å². The fraction of sp³-hybridized carbons (Fsp3) is 0.190. The average Bonchev–Trinajstić information content (AvgIpc) is 3.32. The number of nitrogens with zero attached hydrogens (tertiary/aromatic N) is 2. The minimum atomic E-state index is -0.349. The maximum atomic E-state index is 12.7. The number of amides is 2. The van der Waals surface area contributed by atoms with Crippen molar-refractivity contribution in [1.29, 1.82) is 0 Å². The van der Waals surface area contributed by atoms with E-state index in [1.165, 1.54) is 11.3 Å². The highest BCUT2D eigenvalue weighted by Crippen LogP contribution is 2.32. The summed E-state index contributed by atoms with van der Waals surface area (Å²) in [7, 11) is 0. The second kappa shape index (κ2) is 8.23. The van der Waals surface area contributed by atoms with E-state index in [0.29, 0.717) is 40.3 Å². The van der Waals surface area contributed by atoms with Crippen molar-refractivity contribution in [3.63, 3.8) is 0 Å². The molecule has 0 spiro atoms. The van der Waals surface area contributed by atoms with Crippen LogP contribution in [-0.2, 0) is 11.3 Å². The molecule has 0 saturated carbocycles. The number of cyclic esters (lactones) is 1. The molecule has 1 aliphatic heterocycles. The molecule has 148 valence electrons. The lowest BCUT2D eigenvalue weighted by molar-refractivity contribution is 0.0954. The molecule has 29 heavy (non-hydrogen) atoms. The molecule has 6 nitrogen and oxygen atoms in total. The summed E-state index contributed by atoms with van der Waals surface area (Å²) in [5.74, 6) is -0.190. The Bertz CT molecular complexity index is 1080. The van der Waals surface area contributed by atoms with E-state index in [-0.39, 0.29) is 12.0 Å². The molecular formula is C21H18ClN3O3S. The van der Waals surface area contributed by atoms with Gasteiger partial charge in [0.05, 0.1) is 17.3 Å². The van der Waals surface area contributed by atoms with E-state index in [9.17, 15) is 9.59 Å². The Morgan fingerprint density at radius 3 is 2.86 bits per heavy atom. The van der Waals surface area contributed by atoms with Gasteiger partial charge in [0.15, 0.2) is 0 Å². The molecule has 8 heteroatoms. The first-order valence-corrected chi connectivity index (χ1v) is 10.3. The van der Waals surface area contributed by atoms with Gasteiger partial charge >= 0.3 is 6.09 Å². The summed E-state index contributed by atoms with van der Waals surface area (Å²) >= 11 is 7.57. The molecule has 0 unspecified atom stereocenters. The highest BCUT2D eigenvalue weighted by molar-refractivity contribution is 7.17. The predicted octanol–water partition coefficient (Wildman–Crippen LogP) is 4.66. The van der Waals surface area contributed by atoms with Gasteiger partial charge in [-0.25, -0.2) is 9.78 Å². The molecule has 2 amide bonds. The zero-order valence-electron chi connectivity index (χ0n) is 15.6. The summed E-state index contributed by atoms with van der Waals surface area (Å²) in [6.45, 7) is 3.07. The molecule has 2 aromatic carbocycles. The third-order valence-corrected chi connectivity index (χ3v) is 6.06. The number of hydrogen-bond donors (Lipinski definition) is 1. The van der Waals surface area contributed by atoms with E-state index in [1.54, 1.807) is 11.0 Å². The van der Waals surface area contributed by atoms with E-state index in [2.05, 4.69) is 10.3 Å². The number of rotatable bonds is 5. The van der Waals surface area contributed by atoms with Crippen molar-refractivity contribution in [3.05, 3.63) is 69.7 Å². The third-order valence-electron chi connectivity index (χ3n) is 4.54. The van der Waals surface area contributed by atoms with Gasteiger partial charge in [-0.05, 0) is 30.7 Å². The Labute approximate surface area is 177 Å². The van der Waals surface area contributed by atoms with Crippen molar-refractivity contribution in [2.75, 3.05) is 18.1 Å². The lowest BCUT2D eigenvalue weighted by Crippen LogP contribution is -2.24. The van der Waals surface area contributed by atoms with E-state index < -0.39 is 0 Å². The minimum Gasteiger partial charge on any atom is -0.447 e. The molecule has 0 radical (unpaired) electrons. The number of thiazole rings is 1. The molecule has 1 fully saturated rings. The number of carbonyl (C=O) groups excluding carboxylic acids is 2. The number of anilines is 1. The van der Waals surface area contributed by atoms with Crippen molar-refractivity contribution in [1.82, 2.24) is 10.3 Å². The Kier molecular flexibility index (Phi) is 5.51. The van der Waals surface area contributed by atoms with Crippen LogP contribution in [0.5, 0.6) is 0 Å². The monoisotopic (exact) mass is 427 g/mol. The van der Waals surface area contributed by atoms with Gasteiger partial charge in [0.2, 0.25) is 0 Å². The zero-order chi connectivity index (χ0) is 20.4. The number of aryl methyl sites for hydroxylation is 1. The van der Waals surface area contributed by atoms with Crippen molar-refractivity contribution >= 4 is 40.6 Å². The largest absolute Gasteiger partial charge is 0.447 e. The van der Waals surface area contributed by atoms with Crippen LogP contribution in [0.1, 0.15) is 20.9 Å². The van der Waals surface area contributed by atoms with Crippen molar-refractivity contribution in [2.45, 2.75) is 13.5 Å². The maximum absolute atomic E-state index is 12.7. The van der Waals surface area contributed by atoms with Crippen LogP contribution in [0, 0.1) is 6.92 Å². The van der Waals surface area contributed by atoms with Crippen LogP contribution in [-0.4, -0.2) is 30.1 Å². The number of ether oxygens (including phenoxy) is 1. The number of carbonyl (C=O) groups is 2. The quantitative estimate of drug-likeness (QED) is 0.642. The topological polar surface area (TPSA) is 71.5 Å². The summed E-state index contributed by atoms with van der Waals surface area (Å²) in [5, 5.41) is 4.25. The molecule has 4 rings (SSSR count). The molecule has 1 saturated heterocycles. The first-order valence-electron chi connectivity index (χ1n) is 9.06. The predicted molar refractivity (Wildman–Crippen MR) is 114 cm³/mol. The SMILES string of the molecule is Cc1nc(-c2ccccc2Cl)sc1C(=O)NCc1cccc(N2CCOC2=O)c1. The molecule has 3 aromatic rings. The summed E-state index contributed by atoms with van der Waals surface area (Å²) < 4.78 is 4.98. The number of aromatic nitrogens is 1. The van der Waals surface area contributed by atoms with Gasteiger partial charge in [-0.2, -0.15) is 0 Å². The van der Waals surface area contributed by atoms with Crippen LogP contribution in [0.4, 0.5) is 10.5 Å². The maximum Gasteiger partial charge on any atom is 0.414 e. The van der Waals surface area contributed by atoms with Crippen LogP contribution < -0.4 is 10.2 Å². The number of hydrogen-bond acceptors (Lipinski definition) is 5. The van der Waals surface area contributed by atoms with Crippen molar-refractivity contribution < 1.29 is 14.3 Å². The molecule has 1 aromatic heterocycles. The second-order valence-electron chi connectivity index (χ2n) is 6.53. The van der Waals surface area contributed by atoms with Crippen molar-refractivity contribution in [2.24, 2.45) is 0 Å². The van der Waals surface area contributed by atoms with E-state index in [1.807, 2.05) is 49.4 Å². The third kappa shape index (κ3) is 4.11. The zero-order valence-corrected chi connectivity index (χ0v) is 17.2. The van der Waals surface area contributed by atoms with Gasteiger partial charge in [0, 0.05) is 17.8 Å². The van der Waals surface area contributed by atoms with Gasteiger partial charge in [-0.1, -0.05) is 41.9 Å². The normalized spacial score (nSPS) is 13.4. The second-order valence-corrected chi connectivity index (χ2v) is 7.94. The summed E-state index contributed by atoms with van der Waals surface area (Å²) in [6, 6.07) is 14.9. The highest BCUT2D eigenvalue weighted by atomic mass is 35.5. The standard InChI is InChI=1S/C21H18ClN3O3S/c1-13-18(29-20(24-13)16-7-2-3-8-17(16)22)19(26)23-12-14-5-4-6-15(11-14)25-9-10-28-21(25)27/h2-8,11H,9-10,12H2,1H3,(H,23,26). The van der Waals surface area contributed by atoms with Crippen LogP contribution in [0.2, 0.25) is 5.02 Å². The number of nitrogens with one attached hydrogen (secondary N) is 1. The van der Waals surface area contributed by atoms with Gasteiger partial charge in [-0.15, -0.1) is 11.3 Å². The van der Waals surface area contributed by atoms with Crippen LogP contribution in [0.15, 0.2) is 48.5 Å². The summed E-state index contributed by atoms with van der Waals surface area (Å²) in [4.78, 5) is 31.1. The molecule has 0 bridgehead atoms. The van der Waals surface area contributed by atoms with E-state index in [0.717, 1.165) is 16.8 Å². The fourth-order valence-electron chi connectivity index (χ4n) is 3.08. The molecule has 0 atom stereocenters. The fourth-order valence-corrected chi connectivity index (χ4v) is 4.39. The van der Waals surface area contributed by atoms with Gasteiger partial charge < -0.3 is 10.1 Å². The first-order chi connectivity index (χ1) is 14.0. The average molecular weight is 428 g/mol. The molecule has 1 aliphatic rings. The summed E-state index contributed by atoms with van der Waals surface area (Å²) in [5.41, 5.74) is 3.13. The number of halogens is 1. The lowest BCUT2D eigenvalue weighted by atomic mass is 10.2. The Morgan fingerprint density at radius 2 is 2.10 bits per heavy atom. The Hall–Kier alpha value is -2.90. The number of benzene rings is 2. The first kappa shape index (κ1) is 19.4. The van der Waals surface area contributed by atoms with Gasteiger partial charge in [-0.3, -0.25) is 9.69 Å². The van der Waals surface area contributed by atoms with Crippen LogP contribution >= 0.6 is 22.9 Å². The van der Waals surface area contributed by atoms with Crippen LogP contribution in [0.25, 0.3) is 10.6 Å². The lowest BCUT2D eigenvalue weighted by Gasteiger charge is -2.14. The van der Waals surface area contributed by atoms with Gasteiger partial charge in [0.1, 0.15) is 16.5 Å². The van der Waals surface area contributed by atoms with E-state index >= 15 is 0 Å². The molecule has 2 heterocycles. The Morgan fingerprint density at radius 1 is 1.28 bits per heavy atom. The molecular weight excluding hydrogens is 410 g/mol. The van der Waals surface area contributed by atoms with Crippen LogP contribution in [0.3, 0.4) is 0 Å².